The van der Waals surface area contributed by atoms with Crippen molar-refractivity contribution in [1.82, 2.24) is 14.6 Å². The van der Waals surface area contributed by atoms with E-state index in [1.54, 1.807) is 20.1 Å². The topological polar surface area (TPSA) is 65.7 Å². The molecule has 3 aromatic rings. The third-order valence-electron chi connectivity index (χ3n) is 4.82. The minimum Gasteiger partial charge on any atom is -0.497 e. The molecule has 0 amide bonds. The highest BCUT2D eigenvalue weighted by atomic mass is 16.5. The van der Waals surface area contributed by atoms with Gasteiger partial charge in [0, 0.05) is 5.69 Å². The van der Waals surface area contributed by atoms with Gasteiger partial charge in [-0.1, -0.05) is 13.3 Å². The molecule has 2 aromatic heterocycles. The number of hydrogen-bond donors (Lipinski definition) is 0. The zero-order valence-corrected chi connectivity index (χ0v) is 17.4. The van der Waals surface area contributed by atoms with Gasteiger partial charge in [0.25, 0.3) is 0 Å². The maximum Gasteiger partial charge on any atom is 0.357 e. The lowest BCUT2D eigenvalue weighted by Crippen LogP contribution is -2.11. The fourth-order valence-corrected chi connectivity index (χ4v) is 3.66. The number of ether oxygens (including phenoxy) is 2. The number of hydrogen-bond acceptors (Lipinski definition) is 5. The number of esters is 1. The van der Waals surface area contributed by atoms with Gasteiger partial charge in [-0.05, 0) is 69.0 Å². The molecule has 0 radical (unpaired) electrons. The minimum atomic E-state index is -0.407. The molecular weight excluding hydrogens is 354 g/mol. The van der Waals surface area contributed by atoms with Crippen LogP contribution < -0.4 is 4.74 Å². The van der Waals surface area contributed by atoms with Crippen molar-refractivity contribution in [3.8, 4) is 16.9 Å². The lowest BCUT2D eigenvalue weighted by Gasteiger charge is -2.13. The van der Waals surface area contributed by atoms with E-state index < -0.39 is 5.97 Å². The van der Waals surface area contributed by atoms with Gasteiger partial charge in [0.2, 0.25) is 0 Å². The smallest absolute Gasteiger partial charge is 0.357 e. The van der Waals surface area contributed by atoms with E-state index in [4.69, 9.17) is 14.6 Å². The van der Waals surface area contributed by atoms with Gasteiger partial charge < -0.3 is 9.47 Å². The Kier molecular flexibility index (Phi) is 5.68. The van der Waals surface area contributed by atoms with Crippen LogP contribution in [0, 0.1) is 20.8 Å². The zero-order valence-electron chi connectivity index (χ0n) is 17.4. The van der Waals surface area contributed by atoms with Gasteiger partial charge in [0.05, 0.1) is 25.0 Å². The van der Waals surface area contributed by atoms with E-state index in [-0.39, 0.29) is 0 Å². The van der Waals surface area contributed by atoms with Crippen LogP contribution in [-0.2, 0) is 11.2 Å². The van der Waals surface area contributed by atoms with Gasteiger partial charge in [-0.25, -0.2) is 14.3 Å². The van der Waals surface area contributed by atoms with Crippen LogP contribution in [0.1, 0.15) is 53.3 Å². The molecular formula is C22H27N3O3. The molecule has 0 bridgehead atoms. The van der Waals surface area contributed by atoms with Crippen molar-refractivity contribution in [1.29, 1.82) is 0 Å². The SMILES string of the molecule is CCCc1cc(C(=O)OCC)nc2c(-c3c(C)cc(OC)cc3C)c(C)nn12. The maximum atomic E-state index is 12.4. The number of benzene rings is 1. The third kappa shape index (κ3) is 3.46. The number of aromatic nitrogens is 3. The Hall–Kier alpha value is -2.89. The Morgan fingerprint density at radius 2 is 1.75 bits per heavy atom. The number of aryl methyl sites for hydroxylation is 4. The quantitative estimate of drug-likeness (QED) is 0.590. The van der Waals surface area contributed by atoms with Gasteiger partial charge in [-0.15, -0.1) is 0 Å². The Balaban J connectivity index is 2.32. The molecule has 0 aliphatic rings. The van der Waals surface area contributed by atoms with Crippen molar-refractivity contribution in [2.75, 3.05) is 13.7 Å². The van der Waals surface area contributed by atoms with Crippen LogP contribution >= 0.6 is 0 Å². The summed E-state index contributed by atoms with van der Waals surface area (Å²) in [7, 11) is 1.67. The summed E-state index contributed by atoms with van der Waals surface area (Å²) in [5.74, 6) is 0.412. The van der Waals surface area contributed by atoms with Gasteiger partial charge in [-0.3, -0.25) is 0 Å². The highest BCUT2D eigenvalue weighted by Crippen LogP contribution is 2.35. The summed E-state index contributed by atoms with van der Waals surface area (Å²) < 4.78 is 12.5. The number of carbonyl (C=O) groups is 1. The van der Waals surface area contributed by atoms with Crippen LogP contribution in [0.5, 0.6) is 5.75 Å². The molecule has 0 unspecified atom stereocenters. The average Bonchev–Trinajstić information content (AvgIpc) is 2.98. The van der Waals surface area contributed by atoms with E-state index in [9.17, 15) is 4.79 Å². The monoisotopic (exact) mass is 381 g/mol. The van der Waals surface area contributed by atoms with Gasteiger partial charge in [0.15, 0.2) is 11.3 Å². The van der Waals surface area contributed by atoms with Crippen LogP contribution in [-0.4, -0.2) is 34.3 Å². The molecule has 0 atom stereocenters. The molecule has 0 N–H and O–H groups in total. The van der Waals surface area contributed by atoms with E-state index in [0.29, 0.717) is 17.9 Å². The van der Waals surface area contributed by atoms with Gasteiger partial charge in [-0.2, -0.15) is 5.10 Å². The summed E-state index contributed by atoms with van der Waals surface area (Å²) in [6.07, 6.45) is 1.74. The second-order valence-electron chi connectivity index (χ2n) is 6.94. The molecule has 6 heteroatoms. The van der Waals surface area contributed by atoms with Gasteiger partial charge >= 0.3 is 5.97 Å². The lowest BCUT2D eigenvalue weighted by atomic mass is 9.95. The van der Waals surface area contributed by atoms with E-state index in [2.05, 4.69) is 25.8 Å². The predicted molar refractivity (Wildman–Crippen MR) is 109 cm³/mol. The van der Waals surface area contributed by atoms with Crippen molar-refractivity contribution in [2.45, 2.75) is 47.5 Å². The highest BCUT2D eigenvalue weighted by molar-refractivity contribution is 5.90. The first-order valence-electron chi connectivity index (χ1n) is 9.63. The number of nitrogens with zero attached hydrogens (tertiary/aromatic N) is 3. The fourth-order valence-electron chi connectivity index (χ4n) is 3.66. The second-order valence-corrected chi connectivity index (χ2v) is 6.94. The highest BCUT2D eigenvalue weighted by Gasteiger charge is 2.22. The first-order chi connectivity index (χ1) is 13.4. The van der Waals surface area contributed by atoms with E-state index >= 15 is 0 Å². The number of methoxy groups -OCH3 is 1. The molecule has 148 valence electrons. The number of fused-ring (bicyclic) bond motifs is 1. The molecule has 3 rings (SSSR count). The standard InChI is InChI=1S/C22H27N3O3/c1-7-9-16-12-18(22(26)28-8-2)23-21-20(15(5)24-25(16)21)19-13(3)10-17(27-6)11-14(19)4/h10-12H,7-9H2,1-6H3. The van der Waals surface area contributed by atoms with Crippen LogP contribution in [0.3, 0.4) is 0 Å². The molecule has 1 aromatic carbocycles. The fraction of sp³-hybridized carbons (Fsp3) is 0.409. The Morgan fingerprint density at radius 1 is 1.07 bits per heavy atom. The van der Waals surface area contributed by atoms with Crippen LogP contribution in [0.15, 0.2) is 18.2 Å². The molecule has 0 fully saturated rings. The molecule has 0 saturated heterocycles. The minimum absolute atomic E-state index is 0.316. The summed E-state index contributed by atoms with van der Waals surface area (Å²) in [6.45, 7) is 10.3. The Morgan fingerprint density at radius 3 is 2.32 bits per heavy atom. The molecule has 6 nitrogen and oxygen atoms in total. The summed E-state index contributed by atoms with van der Waals surface area (Å²) in [6, 6.07) is 5.80. The van der Waals surface area contributed by atoms with E-state index in [1.807, 2.05) is 23.6 Å². The molecule has 0 aliphatic carbocycles. The second kappa shape index (κ2) is 8.00. The van der Waals surface area contributed by atoms with E-state index in [0.717, 1.165) is 52.2 Å². The molecule has 0 spiro atoms. The third-order valence-corrected chi connectivity index (χ3v) is 4.82. The average molecular weight is 381 g/mol. The predicted octanol–water partition coefficient (Wildman–Crippen LogP) is 4.46. The zero-order chi connectivity index (χ0) is 20.4. The summed E-state index contributed by atoms with van der Waals surface area (Å²) in [4.78, 5) is 17.0. The van der Waals surface area contributed by atoms with Crippen LogP contribution in [0.25, 0.3) is 16.8 Å². The van der Waals surface area contributed by atoms with Crippen molar-refractivity contribution in [3.05, 3.63) is 46.4 Å². The molecule has 0 aliphatic heterocycles. The summed E-state index contributed by atoms with van der Waals surface area (Å²) in [5, 5.41) is 4.75. The van der Waals surface area contributed by atoms with E-state index in [1.165, 1.54) is 0 Å². The lowest BCUT2D eigenvalue weighted by molar-refractivity contribution is 0.0519. The largest absolute Gasteiger partial charge is 0.497 e. The molecule has 0 saturated carbocycles. The van der Waals surface area contributed by atoms with Crippen molar-refractivity contribution in [3.63, 3.8) is 0 Å². The first kappa shape index (κ1) is 19.9. The Labute approximate surface area is 165 Å². The normalized spacial score (nSPS) is 11.1. The van der Waals surface area contributed by atoms with Crippen molar-refractivity contribution in [2.24, 2.45) is 0 Å². The number of carbonyl (C=O) groups excluding carboxylic acids is 1. The summed E-state index contributed by atoms with van der Waals surface area (Å²) >= 11 is 0. The van der Waals surface area contributed by atoms with Crippen LogP contribution in [0.2, 0.25) is 0 Å². The summed E-state index contributed by atoms with van der Waals surface area (Å²) in [5.41, 5.74) is 7.01. The number of rotatable bonds is 6. The molecule has 2 heterocycles. The van der Waals surface area contributed by atoms with Gasteiger partial charge in [0.1, 0.15) is 5.75 Å². The van der Waals surface area contributed by atoms with Crippen molar-refractivity contribution < 1.29 is 14.3 Å². The van der Waals surface area contributed by atoms with Crippen molar-refractivity contribution >= 4 is 11.6 Å². The van der Waals surface area contributed by atoms with Crippen LogP contribution in [0.4, 0.5) is 0 Å². The Bertz CT molecular complexity index is 1010. The molecule has 28 heavy (non-hydrogen) atoms. The maximum absolute atomic E-state index is 12.4. The first-order valence-corrected chi connectivity index (χ1v) is 9.63.